The van der Waals surface area contributed by atoms with Gasteiger partial charge in [0.2, 0.25) is 5.91 Å². The Kier molecular flexibility index (Phi) is 7.00. The van der Waals surface area contributed by atoms with Crippen molar-refractivity contribution in [2.45, 2.75) is 31.9 Å². The molecule has 162 valence electrons. The summed E-state index contributed by atoms with van der Waals surface area (Å²) >= 11 is 2.93. The topological polar surface area (TPSA) is 91.2 Å². The number of thiophene rings is 2. The molecule has 32 heavy (non-hydrogen) atoms. The van der Waals surface area contributed by atoms with Gasteiger partial charge in [0.1, 0.15) is 17.2 Å². The number of carbonyl (C=O) groups is 2. The van der Waals surface area contributed by atoms with Gasteiger partial charge in [-0.1, -0.05) is 36.4 Å². The van der Waals surface area contributed by atoms with Gasteiger partial charge in [0.05, 0.1) is 5.56 Å². The summed E-state index contributed by atoms with van der Waals surface area (Å²) in [5.74, 6) is -0.276. The highest BCUT2D eigenvalue weighted by Crippen LogP contribution is 2.38. The van der Waals surface area contributed by atoms with Crippen molar-refractivity contribution < 1.29 is 14.3 Å². The van der Waals surface area contributed by atoms with Gasteiger partial charge in [-0.05, 0) is 41.5 Å². The number of nitrogens with one attached hydrogen (secondary N) is 2. The molecule has 6 nitrogen and oxygen atoms in total. The first-order valence-electron chi connectivity index (χ1n) is 10.2. The predicted molar refractivity (Wildman–Crippen MR) is 127 cm³/mol. The minimum absolute atomic E-state index is 0.259. The minimum atomic E-state index is -0.452. The zero-order chi connectivity index (χ0) is 22.3. The molecule has 0 radical (unpaired) electrons. The molecular weight excluding hydrogens is 442 g/mol. The second-order valence-corrected chi connectivity index (χ2v) is 9.35. The van der Waals surface area contributed by atoms with Crippen LogP contribution < -0.4 is 10.6 Å². The molecule has 2 amide bonds. The van der Waals surface area contributed by atoms with E-state index in [0.29, 0.717) is 36.4 Å². The van der Waals surface area contributed by atoms with Gasteiger partial charge in [0.25, 0.3) is 0 Å². The molecule has 1 aliphatic rings. The van der Waals surface area contributed by atoms with Gasteiger partial charge >= 0.3 is 6.09 Å². The van der Waals surface area contributed by atoms with Gasteiger partial charge in [-0.15, -0.1) is 22.7 Å². The molecule has 0 bridgehead atoms. The fourth-order valence-corrected chi connectivity index (χ4v) is 5.41. The first kappa shape index (κ1) is 21.8. The highest BCUT2D eigenvalue weighted by molar-refractivity contribution is 7.16. The highest BCUT2D eigenvalue weighted by Gasteiger charge is 2.28. The Morgan fingerprint density at radius 3 is 2.81 bits per heavy atom. The van der Waals surface area contributed by atoms with Gasteiger partial charge < -0.3 is 15.4 Å². The summed E-state index contributed by atoms with van der Waals surface area (Å²) in [4.78, 5) is 26.5. The highest BCUT2D eigenvalue weighted by atomic mass is 32.1. The lowest BCUT2D eigenvalue weighted by atomic mass is 9.94. The summed E-state index contributed by atoms with van der Waals surface area (Å²) in [6.45, 7) is 0.407. The third-order valence-corrected chi connectivity index (χ3v) is 7.07. The first-order valence-corrected chi connectivity index (χ1v) is 11.9. The molecule has 3 aromatic rings. The maximum atomic E-state index is 12.3. The minimum Gasteiger partial charge on any atom is -0.446 e. The van der Waals surface area contributed by atoms with Crippen LogP contribution in [-0.2, 0) is 28.9 Å². The second kappa shape index (κ2) is 10.3. The quantitative estimate of drug-likeness (QED) is 0.497. The van der Waals surface area contributed by atoms with Crippen LogP contribution in [0.25, 0.3) is 6.08 Å². The van der Waals surface area contributed by atoms with E-state index in [2.05, 4.69) is 16.7 Å². The number of alkyl carbamates (subject to hydrolysis) is 1. The molecule has 0 spiro atoms. The molecule has 2 N–H and O–H groups in total. The number of amides is 2. The normalized spacial score (nSPS) is 15.0. The molecule has 0 aliphatic heterocycles. The SMILES string of the molecule is N#Cc1c(NC(=O)C=Cc2cccs2)sc2c1CCC(OC(=O)NCc1ccccc1)C2. The molecule has 0 fully saturated rings. The van der Waals surface area contributed by atoms with E-state index in [-0.39, 0.29) is 12.0 Å². The maximum Gasteiger partial charge on any atom is 0.407 e. The lowest BCUT2D eigenvalue weighted by Crippen LogP contribution is -2.31. The van der Waals surface area contributed by atoms with Gasteiger partial charge in [-0.3, -0.25) is 4.79 Å². The number of nitriles is 1. The van der Waals surface area contributed by atoms with Crippen LogP contribution in [0.1, 0.15) is 32.9 Å². The molecular formula is C24H21N3O3S2. The summed E-state index contributed by atoms with van der Waals surface area (Å²) in [5, 5.41) is 17.7. The zero-order valence-electron chi connectivity index (χ0n) is 17.2. The van der Waals surface area contributed by atoms with E-state index < -0.39 is 6.09 Å². The molecule has 8 heteroatoms. The molecule has 2 heterocycles. The van der Waals surface area contributed by atoms with E-state index in [9.17, 15) is 14.9 Å². The Morgan fingerprint density at radius 2 is 2.06 bits per heavy atom. The van der Waals surface area contributed by atoms with Crippen molar-refractivity contribution in [2.75, 3.05) is 5.32 Å². The van der Waals surface area contributed by atoms with Crippen molar-refractivity contribution in [1.29, 1.82) is 5.26 Å². The number of ether oxygens (including phenoxy) is 1. The number of fused-ring (bicyclic) bond motifs is 1. The number of benzene rings is 1. The fourth-order valence-electron chi connectivity index (χ4n) is 3.52. The van der Waals surface area contributed by atoms with E-state index in [4.69, 9.17) is 4.74 Å². The fraction of sp³-hybridized carbons (Fsp3) is 0.208. The van der Waals surface area contributed by atoms with Crippen molar-refractivity contribution in [3.63, 3.8) is 0 Å². The van der Waals surface area contributed by atoms with Crippen molar-refractivity contribution in [1.82, 2.24) is 5.32 Å². The standard InChI is InChI=1S/C24H21N3O3S2/c25-14-20-19-10-8-17(30-24(29)26-15-16-5-2-1-3-6-16)13-21(19)32-23(20)27-22(28)11-9-18-7-4-12-31-18/h1-7,9,11-12,17H,8,10,13,15H2,(H,26,29)(H,27,28). The molecule has 1 unspecified atom stereocenters. The first-order chi connectivity index (χ1) is 15.6. The van der Waals surface area contributed by atoms with Crippen LogP contribution in [0.5, 0.6) is 0 Å². The largest absolute Gasteiger partial charge is 0.446 e. The molecule has 0 saturated carbocycles. The Hall–Kier alpha value is -3.41. The van der Waals surface area contributed by atoms with Gasteiger partial charge in [0, 0.05) is 28.8 Å². The number of hydrogen-bond acceptors (Lipinski definition) is 6. The molecule has 1 atom stereocenters. The summed E-state index contributed by atoms with van der Waals surface area (Å²) in [7, 11) is 0. The smallest absolute Gasteiger partial charge is 0.407 e. The van der Waals surface area contributed by atoms with Crippen molar-refractivity contribution in [2.24, 2.45) is 0 Å². The Balaban J connectivity index is 1.36. The van der Waals surface area contributed by atoms with Gasteiger partial charge in [-0.2, -0.15) is 5.26 Å². The van der Waals surface area contributed by atoms with E-state index in [1.807, 2.05) is 47.8 Å². The molecule has 1 aromatic carbocycles. The number of carbonyl (C=O) groups excluding carboxylic acids is 2. The van der Waals surface area contributed by atoms with Crippen LogP contribution in [0.4, 0.5) is 9.80 Å². The lowest BCUT2D eigenvalue weighted by Gasteiger charge is -2.22. The predicted octanol–water partition coefficient (Wildman–Crippen LogP) is 5.12. The van der Waals surface area contributed by atoms with Crippen molar-refractivity contribution in [3.8, 4) is 6.07 Å². The van der Waals surface area contributed by atoms with E-state index in [1.165, 1.54) is 17.4 Å². The second-order valence-electron chi connectivity index (χ2n) is 7.27. The third kappa shape index (κ3) is 5.44. The van der Waals surface area contributed by atoms with Crippen molar-refractivity contribution >= 4 is 45.8 Å². The van der Waals surface area contributed by atoms with Crippen LogP contribution in [0.15, 0.2) is 53.9 Å². The summed E-state index contributed by atoms with van der Waals surface area (Å²) in [6, 6.07) is 15.7. The van der Waals surface area contributed by atoms with E-state index in [1.54, 1.807) is 17.4 Å². The molecule has 4 rings (SSSR count). The maximum absolute atomic E-state index is 12.3. The van der Waals surface area contributed by atoms with Crippen LogP contribution in [-0.4, -0.2) is 18.1 Å². The number of hydrogen-bond donors (Lipinski definition) is 2. The molecule has 0 saturated heterocycles. The van der Waals surface area contributed by atoms with Crippen LogP contribution in [0.3, 0.4) is 0 Å². The molecule has 2 aromatic heterocycles. The Bertz CT molecular complexity index is 1160. The number of rotatable bonds is 6. The number of nitrogens with zero attached hydrogens (tertiary/aromatic N) is 1. The summed E-state index contributed by atoms with van der Waals surface area (Å²) in [5.41, 5.74) is 2.45. The van der Waals surface area contributed by atoms with E-state index in [0.717, 1.165) is 20.9 Å². The summed E-state index contributed by atoms with van der Waals surface area (Å²) in [6.07, 6.45) is 4.31. The van der Waals surface area contributed by atoms with Crippen molar-refractivity contribution in [3.05, 3.63) is 80.4 Å². The average molecular weight is 464 g/mol. The lowest BCUT2D eigenvalue weighted by molar-refractivity contribution is -0.111. The van der Waals surface area contributed by atoms with Crippen LogP contribution >= 0.6 is 22.7 Å². The third-order valence-electron chi connectivity index (χ3n) is 5.06. The van der Waals surface area contributed by atoms with E-state index >= 15 is 0 Å². The average Bonchev–Trinajstić information content (AvgIpc) is 3.44. The van der Waals surface area contributed by atoms with Gasteiger partial charge in [-0.25, -0.2) is 4.79 Å². The van der Waals surface area contributed by atoms with Crippen LogP contribution in [0.2, 0.25) is 0 Å². The molecule has 1 aliphatic carbocycles. The Labute approximate surface area is 194 Å². The van der Waals surface area contributed by atoms with Gasteiger partial charge in [0.15, 0.2) is 0 Å². The zero-order valence-corrected chi connectivity index (χ0v) is 18.8. The number of anilines is 1. The summed E-state index contributed by atoms with van der Waals surface area (Å²) < 4.78 is 5.59. The Morgan fingerprint density at radius 1 is 1.22 bits per heavy atom. The monoisotopic (exact) mass is 463 g/mol. The van der Waals surface area contributed by atoms with Crippen LogP contribution in [0, 0.1) is 11.3 Å².